The average Bonchev–Trinajstić information content (AvgIpc) is 2.91. The van der Waals surface area contributed by atoms with Crippen molar-refractivity contribution >= 4 is 27.4 Å². The zero-order valence-electron chi connectivity index (χ0n) is 11.9. The van der Waals surface area contributed by atoms with Gasteiger partial charge in [0.25, 0.3) is 0 Å². The van der Waals surface area contributed by atoms with Crippen LogP contribution in [-0.4, -0.2) is 55.7 Å². The zero-order valence-corrected chi connectivity index (χ0v) is 13.5. The van der Waals surface area contributed by atoms with Crippen LogP contribution in [0.3, 0.4) is 0 Å². The first-order valence-corrected chi connectivity index (χ1v) is 9.61. The van der Waals surface area contributed by atoms with Crippen LogP contribution in [0.25, 0.3) is 0 Å². The predicted octanol–water partition coefficient (Wildman–Crippen LogP) is 0.409. The highest BCUT2D eigenvalue weighted by Gasteiger charge is 2.25. The molecule has 0 aromatic carbocycles. The molecule has 1 fully saturated rings. The molecule has 1 aromatic rings. The first-order valence-electron chi connectivity index (χ1n) is 6.81. The second-order valence-electron chi connectivity index (χ2n) is 5.07. The number of piperidine rings is 1. The highest BCUT2D eigenvalue weighted by molar-refractivity contribution is 7.88. The Morgan fingerprint density at radius 1 is 1.48 bits per heavy atom. The van der Waals surface area contributed by atoms with Crippen molar-refractivity contribution in [2.75, 3.05) is 25.9 Å². The fourth-order valence-corrected chi connectivity index (χ4v) is 3.70. The topological polar surface area (TPSA) is 91.4 Å². The lowest BCUT2D eigenvalue weighted by Crippen LogP contribution is -2.49. The Morgan fingerprint density at radius 2 is 2.19 bits per heavy atom. The number of aromatic nitrogens is 1. The third kappa shape index (κ3) is 5.25. The van der Waals surface area contributed by atoms with Crippen molar-refractivity contribution in [1.29, 1.82) is 0 Å². The normalized spacial score (nSPS) is 17.6. The number of rotatable bonds is 5. The lowest BCUT2D eigenvalue weighted by atomic mass is 10.1. The standard InChI is InChI=1S/C12H20N4O3S2/c1-21(18,19)16-6-3-10(4-7-16)15-12(17)13-5-2-11-8-20-9-14-11/h8-10H,2-7H2,1H3,(H2,13,15,17). The molecule has 0 spiro atoms. The Labute approximate surface area is 128 Å². The number of urea groups is 1. The number of sulfonamides is 1. The Hall–Kier alpha value is -1.19. The number of amides is 2. The minimum absolute atomic E-state index is 0.0299. The van der Waals surface area contributed by atoms with Gasteiger partial charge in [0, 0.05) is 37.5 Å². The summed E-state index contributed by atoms with van der Waals surface area (Å²) in [5.74, 6) is 0. The summed E-state index contributed by atoms with van der Waals surface area (Å²) in [7, 11) is -3.12. The van der Waals surface area contributed by atoms with Gasteiger partial charge < -0.3 is 10.6 Å². The lowest BCUT2D eigenvalue weighted by Gasteiger charge is -2.30. The first-order chi connectivity index (χ1) is 9.95. The van der Waals surface area contributed by atoms with Crippen LogP contribution in [0.2, 0.25) is 0 Å². The molecule has 7 nitrogen and oxygen atoms in total. The van der Waals surface area contributed by atoms with Crippen LogP contribution in [0.4, 0.5) is 4.79 Å². The Bertz CT molecular complexity index is 551. The second kappa shape index (κ2) is 7.19. The maximum Gasteiger partial charge on any atom is 0.315 e. The number of nitrogens with zero attached hydrogens (tertiary/aromatic N) is 2. The van der Waals surface area contributed by atoms with E-state index in [1.54, 1.807) is 5.51 Å². The van der Waals surface area contributed by atoms with Gasteiger partial charge in [0.15, 0.2) is 0 Å². The van der Waals surface area contributed by atoms with E-state index in [-0.39, 0.29) is 12.1 Å². The summed E-state index contributed by atoms with van der Waals surface area (Å²) in [6.07, 6.45) is 3.22. The van der Waals surface area contributed by atoms with Crippen LogP contribution in [0.5, 0.6) is 0 Å². The molecule has 0 atom stereocenters. The van der Waals surface area contributed by atoms with E-state index in [4.69, 9.17) is 0 Å². The van der Waals surface area contributed by atoms with Crippen LogP contribution in [-0.2, 0) is 16.4 Å². The predicted molar refractivity (Wildman–Crippen MR) is 81.8 cm³/mol. The molecule has 1 aromatic heterocycles. The number of hydrogen-bond acceptors (Lipinski definition) is 5. The molecule has 118 valence electrons. The van der Waals surface area contributed by atoms with Crippen molar-refractivity contribution in [3.8, 4) is 0 Å². The average molecular weight is 332 g/mol. The van der Waals surface area contributed by atoms with Gasteiger partial charge in [-0.1, -0.05) is 0 Å². The van der Waals surface area contributed by atoms with Crippen molar-refractivity contribution in [3.05, 3.63) is 16.6 Å². The number of carbonyl (C=O) groups excluding carboxylic acids is 1. The first kappa shape index (κ1) is 16.2. The van der Waals surface area contributed by atoms with Crippen LogP contribution in [0.15, 0.2) is 10.9 Å². The summed E-state index contributed by atoms with van der Waals surface area (Å²) in [5.41, 5.74) is 2.74. The Kier molecular flexibility index (Phi) is 5.54. The van der Waals surface area contributed by atoms with Gasteiger partial charge in [0.1, 0.15) is 0 Å². The van der Waals surface area contributed by atoms with Gasteiger partial charge in [-0.15, -0.1) is 11.3 Å². The van der Waals surface area contributed by atoms with E-state index in [2.05, 4.69) is 15.6 Å². The van der Waals surface area contributed by atoms with Crippen molar-refractivity contribution in [3.63, 3.8) is 0 Å². The van der Waals surface area contributed by atoms with Crippen molar-refractivity contribution < 1.29 is 13.2 Å². The minimum atomic E-state index is -3.12. The highest BCUT2D eigenvalue weighted by atomic mass is 32.2. The van der Waals surface area contributed by atoms with Crippen LogP contribution < -0.4 is 10.6 Å². The summed E-state index contributed by atoms with van der Waals surface area (Å²) in [6.45, 7) is 1.46. The fourth-order valence-electron chi connectivity index (χ4n) is 2.23. The van der Waals surface area contributed by atoms with Crippen LogP contribution in [0, 0.1) is 0 Å². The number of thiazole rings is 1. The van der Waals surface area contributed by atoms with E-state index in [1.165, 1.54) is 21.9 Å². The molecule has 2 amide bonds. The summed E-state index contributed by atoms with van der Waals surface area (Å²) in [5, 5.41) is 7.63. The van der Waals surface area contributed by atoms with Crippen molar-refractivity contribution in [2.24, 2.45) is 0 Å². The van der Waals surface area contributed by atoms with Gasteiger partial charge in [-0.2, -0.15) is 0 Å². The number of hydrogen-bond donors (Lipinski definition) is 2. The van der Waals surface area contributed by atoms with E-state index in [0.717, 1.165) is 5.69 Å². The van der Waals surface area contributed by atoms with Crippen LogP contribution >= 0.6 is 11.3 Å². The molecule has 0 saturated carbocycles. The molecule has 21 heavy (non-hydrogen) atoms. The molecule has 2 N–H and O–H groups in total. The Balaban J connectivity index is 1.65. The SMILES string of the molecule is CS(=O)(=O)N1CCC(NC(=O)NCCc2cscn2)CC1. The molecule has 0 bridgehead atoms. The molecule has 2 heterocycles. The van der Waals surface area contributed by atoms with E-state index < -0.39 is 10.0 Å². The fraction of sp³-hybridized carbons (Fsp3) is 0.667. The van der Waals surface area contributed by atoms with E-state index in [1.807, 2.05) is 5.38 Å². The van der Waals surface area contributed by atoms with E-state index in [0.29, 0.717) is 38.9 Å². The number of carbonyl (C=O) groups is 1. The van der Waals surface area contributed by atoms with Gasteiger partial charge in [-0.25, -0.2) is 22.5 Å². The molecule has 0 aliphatic carbocycles. The van der Waals surface area contributed by atoms with Gasteiger partial charge >= 0.3 is 6.03 Å². The van der Waals surface area contributed by atoms with E-state index in [9.17, 15) is 13.2 Å². The molecule has 0 radical (unpaired) electrons. The summed E-state index contributed by atoms with van der Waals surface area (Å²) in [6, 6.07) is -0.176. The zero-order chi connectivity index (χ0) is 15.3. The Morgan fingerprint density at radius 3 is 2.76 bits per heavy atom. The molecule has 2 rings (SSSR count). The summed E-state index contributed by atoms with van der Waals surface area (Å²) >= 11 is 1.54. The van der Waals surface area contributed by atoms with Gasteiger partial charge in [-0.3, -0.25) is 0 Å². The second-order valence-corrected chi connectivity index (χ2v) is 7.77. The third-order valence-corrected chi connectivity index (χ3v) is 5.35. The summed E-state index contributed by atoms with van der Waals surface area (Å²) in [4.78, 5) is 15.9. The molecule has 1 aliphatic rings. The maximum atomic E-state index is 11.7. The van der Waals surface area contributed by atoms with Crippen molar-refractivity contribution in [1.82, 2.24) is 19.9 Å². The number of nitrogens with one attached hydrogen (secondary N) is 2. The smallest absolute Gasteiger partial charge is 0.315 e. The maximum absolute atomic E-state index is 11.7. The monoisotopic (exact) mass is 332 g/mol. The highest BCUT2D eigenvalue weighted by Crippen LogP contribution is 2.12. The largest absolute Gasteiger partial charge is 0.338 e. The molecule has 1 aliphatic heterocycles. The molecular weight excluding hydrogens is 312 g/mol. The molecule has 9 heteroatoms. The van der Waals surface area contributed by atoms with Crippen molar-refractivity contribution in [2.45, 2.75) is 25.3 Å². The minimum Gasteiger partial charge on any atom is -0.338 e. The van der Waals surface area contributed by atoms with Crippen LogP contribution in [0.1, 0.15) is 18.5 Å². The molecule has 0 unspecified atom stereocenters. The third-order valence-electron chi connectivity index (χ3n) is 3.41. The van der Waals surface area contributed by atoms with E-state index >= 15 is 0 Å². The quantitative estimate of drug-likeness (QED) is 0.817. The molecular formula is C12H20N4O3S2. The lowest BCUT2D eigenvalue weighted by molar-refractivity contribution is 0.228. The summed E-state index contributed by atoms with van der Waals surface area (Å²) < 4.78 is 24.2. The van der Waals surface area contributed by atoms with Gasteiger partial charge in [-0.05, 0) is 12.8 Å². The van der Waals surface area contributed by atoms with Gasteiger partial charge in [0.05, 0.1) is 17.5 Å². The molecule has 1 saturated heterocycles. The van der Waals surface area contributed by atoms with Gasteiger partial charge in [0.2, 0.25) is 10.0 Å².